The number of hydrogen-bond donors (Lipinski definition) is 2. The third-order valence-corrected chi connectivity index (χ3v) is 6.44. The maximum absolute atomic E-state index is 6.11. The van der Waals surface area contributed by atoms with Crippen LogP contribution in [-0.4, -0.2) is 56.9 Å². The van der Waals surface area contributed by atoms with E-state index >= 15 is 0 Å². The first-order valence-electron chi connectivity index (χ1n) is 8.34. The van der Waals surface area contributed by atoms with E-state index in [1.54, 1.807) is 19.2 Å². The van der Waals surface area contributed by atoms with Gasteiger partial charge in [-0.3, -0.25) is 4.99 Å². The van der Waals surface area contributed by atoms with Crippen LogP contribution in [0.4, 0.5) is 0 Å². The van der Waals surface area contributed by atoms with E-state index in [0.717, 1.165) is 38.6 Å². The Morgan fingerprint density at radius 1 is 1.23 bits per heavy atom. The van der Waals surface area contributed by atoms with Crippen molar-refractivity contribution in [3.63, 3.8) is 0 Å². The first kappa shape index (κ1) is 21.8. The highest BCUT2D eigenvalue weighted by Crippen LogP contribution is 2.35. The van der Waals surface area contributed by atoms with Gasteiger partial charge in [-0.05, 0) is 31.2 Å². The lowest BCUT2D eigenvalue weighted by atomic mass is 9.99. The predicted octanol–water partition coefficient (Wildman–Crippen LogP) is 4.10. The summed E-state index contributed by atoms with van der Waals surface area (Å²) in [6, 6.07) is 3.21. The molecule has 1 saturated heterocycles. The number of rotatable bonds is 7. The summed E-state index contributed by atoms with van der Waals surface area (Å²) in [7, 11) is 1.75. The molecule has 2 N–H and O–H groups in total. The molecule has 5 nitrogen and oxygen atoms in total. The van der Waals surface area contributed by atoms with Gasteiger partial charge in [0.15, 0.2) is 11.7 Å². The molecule has 0 aliphatic carbocycles. The van der Waals surface area contributed by atoms with E-state index in [1.165, 1.54) is 0 Å². The van der Waals surface area contributed by atoms with Gasteiger partial charge in [-0.2, -0.15) is 11.8 Å². The zero-order valence-electron chi connectivity index (χ0n) is 14.9. The highest BCUT2D eigenvalue weighted by Gasteiger charge is 2.31. The molecular formula is C17H24Cl3N3O2S. The molecule has 1 aromatic carbocycles. The average Bonchev–Trinajstić information content (AvgIpc) is 2.63. The zero-order valence-corrected chi connectivity index (χ0v) is 18.0. The van der Waals surface area contributed by atoms with E-state index < -0.39 is 0 Å². The van der Waals surface area contributed by atoms with Crippen LogP contribution < -0.4 is 15.4 Å². The molecule has 1 fully saturated rings. The molecule has 0 bridgehead atoms. The van der Waals surface area contributed by atoms with E-state index in [4.69, 9.17) is 44.3 Å². The second kappa shape index (κ2) is 10.7. The lowest BCUT2D eigenvalue weighted by molar-refractivity contribution is 0.0783. The molecule has 1 aromatic rings. The standard InChI is InChI=1S/C17H24Cl3N3O2S/c1-21-16(23-11-17(26-2)3-6-24-7-4-17)22-5-8-25-15-13(19)9-12(18)10-14(15)20/h9-10H,3-8,11H2,1-2H3,(H2,21,22,23). The fourth-order valence-electron chi connectivity index (χ4n) is 2.65. The highest BCUT2D eigenvalue weighted by molar-refractivity contribution is 8.00. The smallest absolute Gasteiger partial charge is 0.191 e. The van der Waals surface area contributed by atoms with Crippen molar-refractivity contribution >= 4 is 52.5 Å². The van der Waals surface area contributed by atoms with Crippen LogP contribution in [0.15, 0.2) is 17.1 Å². The second-order valence-electron chi connectivity index (χ2n) is 5.90. The summed E-state index contributed by atoms with van der Waals surface area (Å²) in [5.41, 5.74) is 0. The third-order valence-electron chi connectivity index (χ3n) is 4.24. The van der Waals surface area contributed by atoms with Crippen molar-refractivity contribution in [1.82, 2.24) is 10.6 Å². The van der Waals surface area contributed by atoms with Crippen molar-refractivity contribution < 1.29 is 9.47 Å². The molecular weight excluding hydrogens is 417 g/mol. The van der Waals surface area contributed by atoms with Gasteiger partial charge < -0.3 is 20.1 Å². The molecule has 0 atom stereocenters. The predicted molar refractivity (Wildman–Crippen MR) is 113 cm³/mol. The Morgan fingerprint density at radius 2 is 1.88 bits per heavy atom. The molecule has 2 rings (SSSR count). The van der Waals surface area contributed by atoms with Crippen LogP contribution in [0.1, 0.15) is 12.8 Å². The lowest BCUT2D eigenvalue weighted by Crippen LogP contribution is -2.48. The fraction of sp³-hybridized carbons (Fsp3) is 0.588. The molecule has 146 valence electrons. The van der Waals surface area contributed by atoms with Gasteiger partial charge in [-0.1, -0.05) is 34.8 Å². The molecule has 0 unspecified atom stereocenters. The van der Waals surface area contributed by atoms with Gasteiger partial charge >= 0.3 is 0 Å². The third kappa shape index (κ3) is 6.27. The normalized spacial score (nSPS) is 17.0. The summed E-state index contributed by atoms with van der Waals surface area (Å²) in [4.78, 5) is 4.26. The van der Waals surface area contributed by atoms with E-state index in [-0.39, 0.29) is 4.75 Å². The number of ether oxygens (including phenoxy) is 2. The van der Waals surface area contributed by atoms with Gasteiger partial charge in [-0.25, -0.2) is 0 Å². The fourth-order valence-corrected chi connectivity index (χ4v) is 4.37. The maximum atomic E-state index is 6.11. The summed E-state index contributed by atoms with van der Waals surface area (Å²) < 4.78 is 11.3. The number of benzene rings is 1. The van der Waals surface area contributed by atoms with Crippen LogP contribution >= 0.6 is 46.6 Å². The Bertz CT molecular complexity index is 602. The SMILES string of the molecule is CN=C(NCCOc1c(Cl)cc(Cl)cc1Cl)NCC1(SC)CCOCC1. The number of thioether (sulfide) groups is 1. The number of nitrogens with one attached hydrogen (secondary N) is 2. The molecule has 1 aliphatic rings. The summed E-state index contributed by atoms with van der Waals surface area (Å²) in [5, 5.41) is 7.90. The number of halogens is 3. The molecule has 0 amide bonds. The molecule has 0 spiro atoms. The van der Waals surface area contributed by atoms with Crippen LogP contribution in [0.25, 0.3) is 0 Å². The molecule has 26 heavy (non-hydrogen) atoms. The summed E-state index contributed by atoms with van der Waals surface area (Å²) >= 11 is 20.0. The van der Waals surface area contributed by atoms with Crippen LogP contribution in [0.2, 0.25) is 15.1 Å². The first-order chi connectivity index (χ1) is 12.5. The minimum absolute atomic E-state index is 0.191. The van der Waals surface area contributed by atoms with Crippen LogP contribution in [-0.2, 0) is 4.74 Å². The summed E-state index contributed by atoms with van der Waals surface area (Å²) in [5.74, 6) is 1.17. The van der Waals surface area contributed by atoms with Crippen LogP contribution in [0.3, 0.4) is 0 Å². The number of hydrogen-bond acceptors (Lipinski definition) is 4. The Labute approximate surface area is 174 Å². The minimum atomic E-state index is 0.191. The Kier molecular flexibility index (Phi) is 8.97. The van der Waals surface area contributed by atoms with E-state index in [2.05, 4.69) is 21.9 Å². The van der Waals surface area contributed by atoms with Gasteiger partial charge in [0.1, 0.15) is 6.61 Å². The molecule has 1 aliphatic heterocycles. The van der Waals surface area contributed by atoms with Crippen molar-refractivity contribution in [1.29, 1.82) is 0 Å². The number of nitrogens with zero attached hydrogens (tertiary/aromatic N) is 1. The Balaban J connectivity index is 1.77. The first-order valence-corrected chi connectivity index (χ1v) is 10.7. The quantitative estimate of drug-likeness (QED) is 0.380. The van der Waals surface area contributed by atoms with E-state index in [9.17, 15) is 0 Å². The number of guanidine groups is 1. The van der Waals surface area contributed by atoms with Gasteiger partial charge in [0.05, 0.1) is 16.6 Å². The zero-order chi connectivity index (χ0) is 19.0. The Hall–Kier alpha value is -0.530. The molecule has 0 saturated carbocycles. The molecule has 1 heterocycles. The second-order valence-corrected chi connectivity index (χ2v) is 8.42. The van der Waals surface area contributed by atoms with Gasteiger partial charge in [0.25, 0.3) is 0 Å². The van der Waals surface area contributed by atoms with Crippen molar-refractivity contribution in [3.05, 3.63) is 27.2 Å². The molecule has 9 heteroatoms. The van der Waals surface area contributed by atoms with Crippen LogP contribution in [0, 0.1) is 0 Å². The van der Waals surface area contributed by atoms with Gasteiger partial charge in [0.2, 0.25) is 0 Å². The summed E-state index contributed by atoms with van der Waals surface area (Å²) in [6.45, 7) is 3.41. The number of aliphatic imine (C=N–C) groups is 1. The van der Waals surface area contributed by atoms with Crippen molar-refractivity contribution in [3.8, 4) is 5.75 Å². The van der Waals surface area contributed by atoms with Gasteiger partial charge in [0, 0.05) is 36.6 Å². The van der Waals surface area contributed by atoms with Crippen molar-refractivity contribution in [2.45, 2.75) is 17.6 Å². The topological polar surface area (TPSA) is 54.9 Å². The van der Waals surface area contributed by atoms with E-state index in [1.807, 2.05) is 11.8 Å². The monoisotopic (exact) mass is 439 g/mol. The van der Waals surface area contributed by atoms with Crippen molar-refractivity contribution in [2.24, 2.45) is 4.99 Å². The van der Waals surface area contributed by atoms with Crippen LogP contribution in [0.5, 0.6) is 5.75 Å². The summed E-state index contributed by atoms with van der Waals surface area (Å²) in [6.07, 6.45) is 4.22. The van der Waals surface area contributed by atoms with E-state index in [0.29, 0.717) is 34.0 Å². The maximum Gasteiger partial charge on any atom is 0.191 e. The lowest BCUT2D eigenvalue weighted by Gasteiger charge is -2.36. The minimum Gasteiger partial charge on any atom is -0.489 e. The largest absolute Gasteiger partial charge is 0.489 e. The highest BCUT2D eigenvalue weighted by atomic mass is 35.5. The Morgan fingerprint density at radius 3 is 2.46 bits per heavy atom. The molecule has 0 radical (unpaired) electrons. The average molecular weight is 441 g/mol. The molecule has 0 aromatic heterocycles. The van der Waals surface area contributed by atoms with Gasteiger partial charge in [-0.15, -0.1) is 0 Å². The van der Waals surface area contributed by atoms with Crippen molar-refractivity contribution in [2.75, 3.05) is 46.2 Å².